The third-order valence-corrected chi connectivity index (χ3v) is 3.35. The van der Waals surface area contributed by atoms with Crippen molar-refractivity contribution in [2.75, 3.05) is 0 Å². The van der Waals surface area contributed by atoms with Gasteiger partial charge in [-0.3, -0.25) is 9.89 Å². The van der Waals surface area contributed by atoms with Gasteiger partial charge in [-0.15, -0.1) is 0 Å². The monoisotopic (exact) mass is 268 g/mol. The summed E-state index contributed by atoms with van der Waals surface area (Å²) in [4.78, 5) is 11.5. The van der Waals surface area contributed by atoms with Crippen LogP contribution in [0.1, 0.15) is 44.9 Å². The van der Waals surface area contributed by atoms with E-state index in [1.807, 2.05) is 4.57 Å². The zero-order valence-corrected chi connectivity index (χ0v) is 11.6. The largest absolute Gasteiger partial charge is 0.353 e. The molecule has 2 rings (SSSR count). The first-order valence-electron chi connectivity index (χ1n) is 6.64. The second kappa shape index (κ2) is 6.13. The molecule has 1 aromatic rings. The summed E-state index contributed by atoms with van der Waals surface area (Å²) in [5.74, 6) is 1.15. The fraction of sp³-hybridized carbons (Fsp3) is 0.750. The summed E-state index contributed by atoms with van der Waals surface area (Å²) in [6.45, 7) is 2.88. The zero-order valence-electron chi connectivity index (χ0n) is 10.7. The molecule has 0 aromatic carbocycles. The van der Waals surface area contributed by atoms with Crippen LogP contribution >= 0.6 is 12.2 Å². The molecule has 0 atom stereocenters. The predicted octanol–water partition coefficient (Wildman–Crippen LogP) is 1.95. The van der Waals surface area contributed by atoms with Gasteiger partial charge in [0.05, 0.1) is 0 Å². The molecule has 6 heteroatoms. The summed E-state index contributed by atoms with van der Waals surface area (Å²) >= 11 is 5.19. The number of carbonyl (C=O) groups excluding carboxylic acids is 1. The molecule has 1 aromatic heterocycles. The second-order valence-electron chi connectivity index (χ2n) is 4.79. The molecule has 0 bridgehead atoms. The van der Waals surface area contributed by atoms with E-state index in [1.54, 1.807) is 0 Å². The molecule has 0 aliphatic heterocycles. The summed E-state index contributed by atoms with van der Waals surface area (Å²) in [5, 5.41) is 10.0. The quantitative estimate of drug-likeness (QED) is 0.743. The molecule has 0 unspecified atom stereocenters. The molecule has 1 amide bonds. The fourth-order valence-corrected chi connectivity index (χ4v) is 2.16. The molecular formula is C12H20N4OS. The predicted molar refractivity (Wildman–Crippen MR) is 71.8 cm³/mol. The Kier molecular flexibility index (Phi) is 4.52. The van der Waals surface area contributed by atoms with Crippen molar-refractivity contribution in [3.63, 3.8) is 0 Å². The summed E-state index contributed by atoms with van der Waals surface area (Å²) in [7, 11) is 0. The van der Waals surface area contributed by atoms with E-state index in [1.165, 1.54) is 0 Å². The van der Waals surface area contributed by atoms with Gasteiger partial charge in [0, 0.05) is 25.4 Å². The lowest BCUT2D eigenvalue weighted by molar-refractivity contribution is -0.121. The number of aromatic amines is 1. The number of hydrogen-bond acceptors (Lipinski definition) is 3. The lowest BCUT2D eigenvalue weighted by atomic mass is 10.2. The number of hydrogen-bond donors (Lipinski definition) is 2. The average molecular weight is 268 g/mol. The van der Waals surface area contributed by atoms with Crippen LogP contribution in [-0.4, -0.2) is 26.7 Å². The Morgan fingerprint density at radius 2 is 2.39 bits per heavy atom. The first kappa shape index (κ1) is 13.3. The molecule has 0 radical (unpaired) electrons. The van der Waals surface area contributed by atoms with Crippen molar-refractivity contribution in [3.05, 3.63) is 10.6 Å². The van der Waals surface area contributed by atoms with E-state index in [0.29, 0.717) is 17.2 Å². The molecule has 1 heterocycles. The highest BCUT2D eigenvalue weighted by molar-refractivity contribution is 7.71. The smallest absolute Gasteiger partial charge is 0.220 e. The van der Waals surface area contributed by atoms with Crippen molar-refractivity contribution in [2.24, 2.45) is 0 Å². The average Bonchev–Trinajstić information content (AvgIpc) is 3.08. The van der Waals surface area contributed by atoms with Crippen molar-refractivity contribution in [2.45, 2.75) is 58.0 Å². The fourth-order valence-electron chi connectivity index (χ4n) is 1.92. The maximum atomic E-state index is 11.5. The van der Waals surface area contributed by atoms with Crippen LogP contribution < -0.4 is 5.32 Å². The molecule has 1 fully saturated rings. The van der Waals surface area contributed by atoms with Crippen LogP contribution in [0.3, 0.4) is 0 Å². The number of nitrogens with zero attached hydrogens (tertiary/aromatic N) is 2. The van der Waals surface area contributed by atoms with Crippen LogP contribution in [0.2, 0.25) is 0 Å². The van der Waals surface area contributed by atoms with Gasteiger partial charge >= 0.3 is 0 Å². The van der Waals surface area contributed by atoms with Crippen LogP contribution in [0.4, 0.5) is 0 Å². The van der Waals surface area contributed by atoms with Crippen molar-refractivity contribution >= 4 is 18.1 Å². The Morgan fingerprint density at radius 3 is 3.06 bits per heavy atom. The van der Waals surface area contributed by atoms with E-state index in [-0.39, 0.29) is 5.91 Å². The highest BCUT2D eigenvalue weighted by Crippen LogP contribution is 2.18. The number of aromatic nitrogens is 3. The van der Waals surface area contributed by atoms with E-state index in [0.717, 1.165) is 44.5 Å². The third kappa shape index (κ3) is 3.66. The molecule has 0 saturated heterocycles. The van der Waals surface area contributed by atoms with Crippen LogP contribution in [0, 0.1) is 4.77 Å². The van der Waals surface area contributed by atoms with Crippen molar-refractivity contribution in [1.82, 2.24) is 20.1 Å². The Bertz CT molecular complexity index is 461. The highest BCUT2D eigenvalue weighted by Gasteiger charge is 2.22. The number of H-pyrrole nitrogens is 1. The zero-order chi connectivity index (χ0) is 13.0. The van der Waals surface area contributed by atoms with Gasteiger partial charge in [-0.05, 0) is 37.9 Å². The Balaban J connectivity index is 1.79. The van der Waals surface area contributed by atoms with Crippen molar-refractivity contribution in [1.29, 1.82) is 0 Å². The summed E-state index contributed by atoms with van der Waals surface area (Å²) in [6.07, 6.45) is 5.61. The Morgan fingerprint density at radius 1 is 1.61 bits per heavy atom. The molecule has 18 heavy (non-hydrogen) atoms. The van der Waals surface area contributed by atoms with E-state index in [4.69, 9.17) is 12.2 Å². The number of nitrogens with one attached hydrogen (secondary N) is 2. The lowest BCUT2D eigenvalue weighted by Gasteiger charge is -2.06. The Hall–Kier alpha value is -1.17. The van der Waals surface area contributed by atoms with E-state index in [2.05, 4.69) is 22.4 Å². The number of rotatable bonds is 7. The van der Waals surface area contributed by atoms with Gasteiger partial charge in [-0.25, -0.2) is 0 Å². The topological polar surface area (TPSA) is 62.7 Å². The van der Waals surface area contributed by atoms with Gasteiger partial charge in [0.25, 0.3) is 0 Å². The number of aryl methyl sites for hydroxylation is 1. The Labute approximate surface area is 112 Å². The van der Waals surface area contributed by atoms with Gasteiger partial charge < -0.3 is 9.88 Å². The lowest BCUT2D eigenvalue weighted by Crippen LogP contribution is -2.25. The minimum atomic E-state index is 0.157. The molecule has 5 nitrogen and oxygen atoms in total. The van der Waals surface area contributed by atoms with E-state index >= 15 is 0 Å². The molecule has 100 valence electrons. The van der Waals surface area contributed by atoms with Crippen molar-refractivity contribution < 1.29 is 4.79 Å². The van der Waals surface area contributed by atoms with E-state index in [9.17, 15) is 4.79 Å². The summed E-state index contributed by atoms with van der Waals surface area (Å²) in [6, 6.07) is 0.448. The number of carbonyl (C=O) groups is 1. The van der Waals surface area contributed by atoms with Crippen LogP contribution in [0.25, 0.3) is 0 Å². The van der Waals surface area contributed by atoms with Crippen LogP contribution in [0.15, 0.2) is 0 Å². The van der Waals surface area contributed by atoms with Crippen LogP contribution in [-0.2, 0) is 17.8 Å². The van der Waals surface area contributed by atoms with E-state index < -0.39 is 0 Å². The van der Waals surface area contributed by atoms with Gasteiger partial charge in [0.2, 0.25) is 5.91 Å². The standard InChI is InChI=1S/C12H20N4OS/c1-2-4-10-14-15-12(18)16(10)8-3-5-11(17)13-9-6-7-9/h9H,2-8H2,1H3,(H,13,17)(H,15,18). The first-order valence-corrected chi connectivity index (χ1v) is 7.05. The SMILES string of the molecule is CCCc1n[nH]c(=S)n1CCCC(=O)NC1CC1. The van der Waals surface area contributed by atoms with Crippen LogP contribution in [0.5, 0.6) is 0 Å². The molecule has 1 saturated carbocycles. The summed E-state index contributed by atoms with van der Waals surface area (Å²) in [5.41, 5.74) is 0. The normalized spacial score (nSPS) is 14.7. The minimum Gasteiger partial charge on any atom is -0.353 e. The third-order valence-electron chi connectivity index (χ3n) is 3.04. The molecule has 1 aliphatic carbocycles. The molecular weight excluding hydrogens is 248 g/mol. The van der Waals surface area contributed by atoms with Crippen molar-refractivity contribution in [3.8, 4) is 0 Å². The number of amides is 1. The molecule has 2 N–H and O–H groups in total. The minimum absolute atomic E-state index is 0.157. The van der Waals surface area contributed by atoms with Gasteiger partial charge in [0.15, 0.2) is 4.77 Å². The maximum absolute atomic E-state index is 11.5. The van der Waals surface area contributed by atoms with Gasteiger partial charge in [0.1, 0.15) is 5.82 Å². The van der Waals surface area contributed by atoms with Gasteiger partial charge in [-0.2, -0.15) is 5.10 Å². The summed E-state index contributed by atoms with van der Waals surface area (Å²) < 4.78 is 2.66. The molecule has 1 aliphatic rings. The second-order valence-corrected chi connectivity index (χ2v) is 5.18. The maximum Gasteiger partial charge on any atom is 0.220 e. The first-order chi connectivity index (χ1) is 8.70. The highest BCUT2D eigenvalue weighted by atomic mass is 32.1. The van der Waals surface area contributed by atoms with Gasteiger partial charge in [-0.1, -0.05) is 6.92 Å². The molecule has 0 spiro atoms.